The molecule has 31 heavy (non-hydrogen) atoms. The number of aryl methyl sites for hydroxylation is 1. The number of halogens is 1. The number of thiophene rings is 1. The number of nitriles is 1. The van der Waals surface area contributed by atoms with E-state index in [4.69, 9.17) is 17.3 Å². The summed E-state index contributed by atoms with van der Waals surface area (Å²) in [5.41, 5.74) is 9.19. The van der Waals surface area contributed by atoms with Crippen molar-refractivity contribution in [2.75, 3.05) is 14.1 Å². The fourth-order valence-electron chi connectivity index (χ4n) is 4.68. The van der Waals surface area contributed by atoms with Crippen LogP contribution in [-0.4, -0.2) is 41.1 Å². The molecule has 0 bridgehead atoms. The Bertz CT molecular complexity index is 1150. The van der Waals surface area contributed by atoms with Crippen LogP contribution in [0.3, 0.4) is 0 Å². The number of hydrogen-bond donors (Lipinski definition) is 1. The highest BCUT2D eigenvalue weighted by atomic mass is 35.5. The standard InChI is InChI=1S/C22H23ClN6OS/c1-29(2)12-27-20-14(11-24)17-16(31-20)6-4-9-22(17)8-3-5-13(19(22)25)18(30)15-7-10-26-21(23)28-15/h7,10,12H,3-6,8-9,25H2,1-2H3/b27-12+/t22-/m0/s1. The Morgan fingerprint density at radius 3 is 2.81 bits per heavy atom. The largest absolute Gasteiger partial charge is 0.401 e. The molecule has 0 aromatic carbocycles. The lowest BCUT2D eigenvalue weighted by molar-refractivity contribution is 0.101. The van der Waals surface area contributed by atoms with E-state index in [2.05, 4.69) is 21.0 Å². The molecule has 0 saturated heterocycles. The van der Waals surface area contributed by atoms with Gasteiger partial charge in [-0.25, -0.2) is 15.0 Å². The summed E-state index contributed by atoms with van der Waals surface area (Å²) in [6.07, 6.45) is 8.06. The Hall–Kier alpha value is -2.76. The van der Waals surface area contributed by atoms with Crippen LogP contribution in [0.15, 0.2) is 28.5 Å². The van der Waals surface area contributed by atoms with Gasteiger partial charge < -0.3 is 10.6 Å². The summed E-state index contributed by atoms with van der Waals surface area (Å²) in [6.45, 7) is 0. The Morgan fingerprint density at radius 2 is 2.13 bits per heavy atom. The molecule has 0 radical (unpaired) electrons. The van der Waals surface area contributed by atoms with E-state index in [0.29, 0.717) is 28.3 Å². The minimum atomic E-state index is -0.513. The average Bonchev–Trinajstić information content (AvgIpc) is 3.12. The fourth-order valence-corrected chi connectivity index (χ4v) is 6.06. The van der Waals surface area contributed by atoms with Gasteiger partial charge in [0.2, 0.25) is 11.1 Å². The number of aliphatic imine (C=N–C) groups is 1. The van der Waals surface area contributed by atoms with Crippen molar-refractivity contribution >= 4 is 40.1 Å². The minimum absolute atomic E-state index is 0.0310. The molecule has 160 valence electrons. The van der Waals surface area contributed by atoms with E-state index < -0.39 is 5.41 Å². The number of allylic oxidation sites excluding steroid dienone is 2. The third-order valence-corrected chi connectivity index (χ3v) is 7.31. The van der Waals surface area contributed by atoms with Gasteiger partial charge in [0.1, 0.15) is 16.8 Å². The van der Waals surface area contributed by atoms with Crippen molar-refractivity contribution in [2.45, 2.75) is 43.9 Å². The Balaban J connectivity index is 1.86. The molecule has 0 amide bonds. The number of fused-ring (bicyclic) bond motifs is 2. The number of rotatable bonds is 4. The van der Waals surface area contributed by atoms with Crippen LogP contribution < -0.4 is 5.73 Å². The highest BCUT2D eigenvalue weighted by molar-refractivity contribution is 7.16. The van der Waals surface area contributed by atoms with Crippen LogP contribution in [0.5, 0.6) is 0 Å². The molecule has 0 saturated carbocycles. The molecule has 1 atom stereocenters. The van der Waals surface area contributed by atoms with Gasteiger partial charge in [0.15, 0.2) is 0 Å². The molecule has 2 aliphatic rings. The van der Waals surface area contributed by atoms with Crippen LogP contribution in [0.1, 0.15) is 58.6 Å². The first-order valence-electron chi connectivity index (χ1n) is 10.2. The first-order chi connectivity index (χ1) is 14.9. The topological polar surface area (TPSA) is 108 Å². The van der Waals surface area contributed by atoms with Gasteiger partial charge in [-0.1, -0.05) is 0 Å². The second-order valence-electron chi connectivity index (χ2n) is 8.12. The molecule has 2 aromatic rings. The molecule has 2 N–H and O–H groups in total. The predicted molar refractivity (Wildman–Crippen MR) is 122 cm³/mol. The van der Waals surface area contributed by atoms with Crippen LogP contribution in [-0.2, 0) is 11.8 Å². The second kappa shape index (κ2) is 8.40. The zero-order valence-electron chi connectivity index (χ0n) is 17.5. The normalized spacial score (nSPS) is 20.7. The highest BCUT2D eigenvalue weighted by Crippen LogP contribution is 2.54. The minimum Gasteiger partial charge on any atom is -0.401 e. The molecule has 9 heteroatoms. The Labute approximate surface area is 190 Å². The van der Waals surface area contributed by atoms with Crippen molar-refractivity contribution in [3.63, 3.8) is 0 Å². The number of nitrogens with two attached hydrogens (primary N) is 1. The molecular formula is C22H23ClN6OS. The summed E-state index contributed by atoms with van der Waals surface area (Å²) in [5.74, 6) is -0.215. The zero-order chi connectivity index (χ0) is 22.2. The SMILES string of the molecule is CN(C)/C=N/c1sc2c(c1C#N)[C@]1(CCCC(C(=O)c3ccnc(Cl)n3)=C1N)CCC2. The Kier molecular flexibility index (Phi) is 5.82. The van der Waals surface area contributed by atoms with Gasteiger partial charge >= 0.3 is 0 Å². The quantitative estimate of drug-likeness (QED) is 0.322. The van der Waals surface area contributed by atoms with Crippen LogP contribution in [0, 0.1) is 11.3 Å². The van der Waals surface area contributed by atoms with Gasteiger partial charge in [0.05, 0.1) is 11.9 Å². The monoisotopic (exact) mass is 454 g/mol. The van der Waals surface area contributed by atoms with Crippen LogP contribution in [0.2, 0.25) is 5.28 Å². The van der Waals surface area contributed by atoms with Crippen LogP contribution in [0.4, 0.5) is 5.00 Å². The lowest BCUT2D eigenvalue weighted by atomic mass is 9.62. The summed E-state index contributed by atoms with van der Waals surface area (Å²) < 4.78 is 0. The summed E-state index contributed by atoms with van der Waals surface area (Å²) in [5, 5.41) is 10.8. The molecule has 4 rings (SSSR count). The van der Waals surface area contributed by atoms with Crippen molar-refractivity contribution in [2.24, 2.45) is 10.7 Å². The van der Waals surface area contributed by atoms with Crippen molar-refractivity contribution in [3.05, 3.63) is 50.5 Å². The lowest BCUT2D eigenvalue weighted by Gasteiger charge is -2.42. The maximum Gasteiger partial charge on any atom is 0.222 e. The van der Waals surface area contributed by atoms with E-state index in [9.17, 15) is 10.1 Å². The summed E-state index contributed by atoms with van der Waals surface area (Å²) in [4.78, 5) is 28.7. The van der Waals surface area contributed by atoms with Crippen LogP contribution >= 0.6 is 22.9 Å². The molecular weight excluding hydrogens is 432 g/mol. The number of carbonyl (C=O) groups excluding carboxylic acids is 1. The van der Waals surface area contributed by atoms with E-state index >= 15 is 0 Å². The molecule has 1 spiro atoms. The molecule has 0 unspecified atom stereocenters. The smallest absolute Gasteiger partial charge is 0.222 e. The maximum absolute atomic E-state index is 13.3. The number of Topliss-reactive ketones (excluding diaryl/α,β-unsaturated/α-hetero) is 1. The van der Waals surface area contributed by atoms with Crippen molar-refractivity contribution in [1.29, 1.82) is 5.26 Å². The first-order valence-corrected chi connectivity index (χ1v) is 11.4. The van der Waals surface area contributed by atoms with E-state index in [1.807, 2.05) is 19.0 Å². The highest BCUT2D eigenvalue weighted by Gasteiger charge is 2.46. The number of aromatic nitrogens is 2. The van der Waals surface area contributed by atoms with Gasteiger partial charge in [0.25, 0.3) is 0 Å². The fraction of sp³-hybridized carbons (Fsp3) is 0.409. The average molecular weight is 455 g/mol. The van der Waals surface area contributed by atoms with E-state index in [1.165, 1.54) is 6.20 Å². The van der Waals surface area contributed by atoms with E-state index in [-0.39, 0.29) is 16.8 Å². The summed E-state index contributed by atoms with van der Waals surface area (Å²) in [6, 6.07) is 3.94. The second-order valence-corrected chi connectivity index (χ2v) is 9.54. The van der Waals surface area contributed by atoms with Gasteiger partial charge in [0, 0.05) is 41.9 Å². The van der Waals surface area contributed by atoms with Gasteiger partial charge in [-0.3, -0.25) is 4.79 Å². The van der Waals surface area contributed by atoms with Crippen molar-refractivity contribution < 1.29 is 4.79 Å². The maximum atomic E-state index is 13.3. The van der Waals surface area contributed by atoms with E-state index in [0.717, 1.165) is 42.5 Å². The van der Waals surface area contributed by atoms with Gasteiger partial charge in [-0.15, -0.1) is 11.3 Å². The van der Waals surface area contributed by atoms with Crippen LogP contribution in [0.25, 0.3) is 0 Å². The van der Waals surface area contributed by atoms with Crippen molar-refractivity contribution in [1.82, 2.24) is 14.9 Å². The van der Waals surface area contributed by atoms with Gasteiger partial charge in [-0.05, 0) is 61.8 Å². The third kappa shape index (κ3) is 3.73. The molecule has 2 heterocycles. The van der Waals surface area contributed by atoms with Gasteiger partial charge in [-0.2, -0.15) is 5.26 Å². The number of carbonyl (C=O) groups is 1. The first kappa shape index (κ1) is 21.5. The molecule has 2 aromatic heterocycles. The zero-order valence-corrected chi connectivity index (χ0v) is 19.1. The lowest BCUT2D eigenvalue weighted by Crippen LogP contribution is -2.40. The molecule has 2 aliphatic carbocycles. The molecule has 0 fully saturated rings. The van der Waals surface area contributed by atoms with Crippen molar-refractivity contribution in [3.8, 4) is 6.07 Å². The summed E-state index contributed by atoms with van der Waals surface area (Å²) >= 11 is 7.45. The Morgan fingerprint density at radius 1 is 1.39 bits per heavy atom. The molecule has 7 nitrogen and oxygen atoms in total. The third-order valence-electron chi connectivity index (χ3n) is 5.97. The number of hydrogen-bond acceptors (Lipinski definition) is 7. The number of nitrogens with zero attached hydrogens (tertiary/aromatic N) is 5. The predicted octanol–water partition coefficient (Wildman–Crippen LogP) is 4.14. The molecule has 0 aliphatic heterocycles. The summed E-state index contributed by atoms with van der Waals surface area (Å²) in [7, 11) is 3.79. The van der Waals surface area contributed by atoms with E-state index in [1.54, 1.807) is 23.7 Å². The number of ketones is 1.